The lowest BCUT2D eigenvalue weighted by Gasteiger charge is -2.22. The summed E-state index contributed by atoms with van der Waals surface area (Å²) in [4.78, 5) is 16.5. The van der Waals surface area contributed by atoms with Crippen LogP contribution in [0.25, 0.3) is 0 Å². The van der Waals surface area contributed by atoms with Gasteiger partial charge in [-0.25, -0.2) is 9.67 Å². The molecule has 1 unspecified atom stereocenters. The van der Waals surface area contributed by atoms with Crippen molar-refractivity contribution in [2.45, 2.75) is 26.3 Å². The summed E-state index contributed by atoms with van der Waals surface area (Å²) in [7, 11) is 0. The molecule has 1 aromatic carbocycles. The van der Waals surface area contributed by atoms with Crippen LogP contribution in [0.2, 0.25) is 0 Å². The summed E-state index contributed by atoms with van der Waals surface area (Å²) in [5.74, 6) is -0.158. The molecule has 5 heteroatoms. The van der Waals surface area contributed by atoms with Gasteiger partial charge in [-0.3, -0.25) is 4.79 Å². The van der Waals surface area contributed by atoms with Gasteiger partial charge in [-0.15, -0.1) is 0 Å². The highest BCUT2D eigenvalue weighted by atomic mass is 16.1. The second kappa shape index (κ2) is 5.66. The minimum Gasteiger partial charge on any atom is -0.295 e. The number of hydrogen-bond acceptors (Lipinski definition) is 4. The zero-order chi connectivity index (χ0) is 14.6. The maximum atomic E-state index is 12.6. The zero-order valence-electron chi connectivity index (χ0n) is 11.5. The van der Waals surface area contributed by atoms with Crippen LogP contribution in [0.4, 0.5) is 0 Å². The first-order valence-corrected chi connectivity index (χ1v) is 6.38. The number of benzene rings is 1. The molecule has 2 aromatic rings. The first kappa shape index (κ1) is 13.9. The average molecular weight is 268 g/mol. The second-order valence-corrected chi connectivity index (χ2v) is 5.18. The van der Waals surface area contributed by atoms with E-state index in [-0.39, 0.29) is 5.78 Å². The molecule has 0 spiro atoms. The van der Waals surface area contributed by atoms with Crippen molar-refractivity contribution in [2.24, 2.45) is 5.41 Å². The first-order chi connectivity index (χ1) is 9.54. The third-order valence-corrected chi connectivity index (χ3v) is 3.23. The van der Waals surface area contributed by atoms with Gasteiger partial charge in [-0.2, -0.15) is 10.4 Å². The molecule has 0 saturated carbocycles. The Balaban J connectivity index is 2.32. The van der Waals surface area contributed by atoms with Gasteiger partial charge in [0.2, 0.25) is 0 Å². The Labute approximate surface area is 117 Å². The monoisotopic (exact) mass is 268 g/mol. The van der Waals surface area contributed by atoms with E-state index in [0.29, 0.717) is 6.42 Å². The second-order valence-electron chi connectivity index (χ2n) is 5.18. The van der Waals surface area contributed by atoms with Crippen LogP contribution >= 0.6 is 0 Å². The van der Waals surface area contributed by atoms with Crippen LogP contribution in [0.5, 0.6) is 0 Å². The predicted octanol–water partition coefficient (Wildman–Crippen LogP) is 2.18. The van der Waals surface area contributed by atoms with Crippen LogP contribution in [0, 0.1) is 16.7 Å². The van der Waals surface area contributed by atoms with Gasteiger partial charge in [0.15, 0.2) is 5.78 Å². The van der Waals surface area contributed by atoms with Crippen molar-refractivity contribution in [2.75, 3.05) is 0 Å². The van der Waals surface area contributed by atoms with Crippen molar-refractivity contribution in [3.8, 4) is 6.07 Å². The summed E-state index contributed by atoms with van der Waals surface area (Å²) in [5, 5.41) is 13.2. The van der Waals surface area contributed by atoms with Gasteiger partial charge in [-0.1, -0.05) is 30.3 Å². The summed E-state index contributed by atoms with van der Waals surface area (Å²) in [6.07, 6.45) is 3.40. The van der Waals surface area contributed by atoms with Crippen molar-refractivity contribution >= 4 is 5.78 Å². The minimum absolute atomic E-state index is 0.158. The first-order valence-electron chi connectivity index (χ1n) is 6.38. The maximum Gasteiger partial charge on any atom is 0.177 e. The Morgan fingerprint density at radius 1 is 1.40 bits per heavy atom. The molecular weight excluding hydrogens is 252 g/mol. The Kier molecular flexibility index (Phi) is 3.94. The van der Waals surface area contributed by atoms with E-state index in [4.69, 9.17) is 5.26 Å². The lowest BCUT2D eigenvalue weighted by Crippen LogP contribution is -2.33. The van der Waals surface area contributed by atoms with Gasteiger partial charge in [0, 0.05) is 6.42 Å². The van der Waals surface area contributed by atoms with Crippen LogP contribution < -0.4 is 0 Å². The molecule has 0 radical (unpaired) electrons. The summed E-state index contributed by atoms with van der Waals surface area (Å²) in [6.45, 7) is 3.26. The molecule has 0 saturated heterocycles. The third kappa shape index (κ3) is 2.91. The van der Waals surface area contributed by atoms with Crippen molar-refractivity contribution in [3.63, 3.8) is 0 Å². The number of Topliss-reactive ketones (excluding diaryl/α,β-unsaturated/α-hetero) is 1. The SMILES string of the molecule is CC(C)(C#N)C(=O)C(Cc1ccccc1)n1cncn1. The topological polar surface area (TPSA) is 71.6 Å². The highest BCUT2D eigenvalue weighted by Crippen LogP contribution is 2.25. The Hall–Kier alpha value is -2.48. The van der Waals surface area contributed by atoms with Crippen molar-refractivity contribution < 1.29 is 4.79 Å². The predicted molar refractivity (Wildman–Crippen MR) is 73.6 cm³/mol. The summed E-state index contributed by atoms with van der Waals surface area (Å²) in [6, 6.07) is 11.2. The number of ketones is 1. The quantitative estimate of drug-likeness (QED) is 0.833. The van der Waals surface area contributed by atoms with E-state index in [1.165, 1.54) is 17.3 Å². The molecule has 0 N–H and O–H groups in total. The van der Waals surface area contributed by atoms with Crippen LogP contribution in [0.15, 0.2) is 43.0 Å². The van der Waals surface area contributed by atoms with Crippen LogP contribution in [0.1, 0.15) is 25.5 Å². The van der Waals surface area contributed by atoms with Gasteiger partial charge in [-0.05, 0) is 19.4 Å². The molecule has 0 bridgehead atoms. The Bertz CT molecular complexity index is 611. The number of hydrogen-bond donors (Lipinski definition) is 0. The number of nitrogens with zero attached hydrogens (tertiary/aromatic N) is 4. The Morgan fingerprint density at radius 2 is 2.10 bits per heavy atom. The van der Waals surface area contributed by atoms with E-state index in [0.717, 1.165) is 5.56 Å². The van der Waals surface area contributed by atoms with E-state index in [2.05, 4.69) is 16.2 Å². The van der Waals surface area contributed by atoms with Crippen LogP contribution in [0.3, 0.4) is 0 Å². The van der Waals surface area contributed by atoms with Crippen LogP contribution in [-0.4, -0.2) is 20.5 Å². The van der Waals surface area contributed by atoms with Gasteiger partial charge in [0.1, 0.15) is 24.1 Å². The van der Waals surface area contributed by atoms with Gasteiger partial charge < -0.3 is 0 Å². The zero-order valence-corrected chi connectivity index (χ0v) is 11.5. The number of rotatable bonds is 5. The fraction of sp³-hybridized carbons (Fsp3) is 0.333. The normalized spacial score (nSPS) is 12.7. The maximum absolute atomic E-state index is 12.6. The fourth-order valence-electron chi connectivity index (χ4n) is 1.99. The van der Waals surface area contributed by atoms with E-state index in [1.807, 2.05) is 30.3 Å². The molecule has 1 heterocycles. The number of carbonyl (C=O) groups is 1. The molecule has 1 atom stereocenters. The highest BCUT2D eigenvalue weighted by molar-refractivity contribution is 5.90. The standard InChI is InChI=1S/C15H16N4O/c1-15(2,9-16)14(20)13(19-11-17-10-18-19)8-12-6-4-3-5-7-12/h3-7,10-11,13H,8H2,1-2H3. The van der Waals surface area contributed by atoms with Crippen LogP contribution in [-0.2, 0) is 11.2 Å². The van der Waals surface area contributed by atoms with Gasteiger partial charge in [0.05, 0.1) is 6.07 Å². The van der Waals surface area contributed by atoms with Crippen molar-refractivity contribution in [1.29, 1.82) is 5.26 Å². The largest absolute Gasteiger partial charge is 0.295 e. The minimum atomic E-state index is -1.05. The Morgan fingerprint density at radius 3 is 2.65 bits per heavy atom. The van der Waals surface area contributed by atoms with E-state index in [1.54, 1.807) is 13.8 Å². The van der Waals surface area contributed by atoms with E-state index < -0.39 is 11.5 Å². The number of carbonyl (C=O) groups excluding carboxylic acids is 1. The molecule has 0 fully saturated rings. The fourth-order valence-corrected chi connectivity index (χ4v) is 1.99. The molecule has 2 rings (SSSR count). The van der Waals surface area contributed by atoms with Gasteiger partial charge >= 0.3 is 0 Å². The number of nitriles is 1. The van der Waals surface area contributed by atoms with Crippen molar-refractivity contribution in [1.82, 2.24) is 14.8 Å². The molecule has 0 aliphatic rings. The van der Waals surface area contributed by atoms with Gasteiger partial charge in [0.25, 0.3) is 0 Å². The lowest BCUT2D eigenvalue weighted by atomic mass is 9.84. The average Bonchev–Trinajstić information content (AvgIpc) is 2.99. The van der Waals surface area contributed by atoms with E-state index >= 15 is 0 Å². The summed E-state index contributed by atoms with van der Waals surface area (Å²) < 4.78 is 1.52. The molecule has 0 amide bonds. The smallest absolute Gasteiger partial charge is 0.177 e. The lowest BCUT2D eigenvalue weighted by molar-refractivity contribution is -0.128. The van der Waals surface area contributed by atoms with Crippen molar-refractivity contribution in [3.05, 3.63) is 48.5 Å². The molecule has 102 valence electrons. The molecule has 20 heavy (non-hydrogen) atoms. The molecule has 0 aliphatic heterocycles. The summed E-state index contributed by atoms with van der Waals surface area (Å²) >= 11 is 0. The molecule has 5 nitrogen and oxygen atoms in total. The van der Waals surface area contributed by atoms with E-state index in [9.17, 15) is 4.79 Å². The summed E-state index contributed by atoms with van der Waals surface area (Å²) in [5.41, 5.74) is -0.0270. The third-order valence-electron chi connectivity index (χ3n) is 3.23. The highest BCUT2D eigenvalue weighted by Gasteiger charge is 2.35. The molecule has 1 aromatic heterocycles. The molecule has 0 aliphatic carbocycles. The molecular formula is C15H16N4O. The number of aromatic nitrogens is 3.